The van der Waals surface area contributed by atoms with Crippen molar-refractivity contribution >= 4 is 27.4 Å². The summed E-state index contributed by atoms with van der Waals surface area (Å²) in [5.41, 5.74) is 0.486. The molecule has 2 aromatic carbocycles. The van der Waals surface area contributed by atoms with Gasteiger partial charge in [-0.1, -0.05) is 29.8 Å². The van der Waals surface area contributed by atoms with Crippen LogP contribution in [-0.4, -0.2) is 24.0 Å². The van der Waals surface area contributed by atoms with Crippen molar-refractivity contribution in [3.05, 3.63) is 82.7 Å². The first-order valence-corrected chi connectivity index (χ1v) is 9.02. The van der Waals surface area contributed by atoms with Crippen molar-refractivity contribution < 1.29 is 17.9 Å². The highest BCUT2D eigenvalue weighted by Gasteiger charge is 2.13. The molecule has 0 saturated heterocycles. The van der Waals surface area contributed by atoms with E-state index in [9.17, 15) is 13.2 Å². The maximum Gasteiger partial charge on any atom is 0.255 e. The van der Waals surface area contributed by atoms with E-state index in [4.69, 9.17) is 11.6 Å². The van der Waals surface area contributed by atoms with Crippen LogP contribution in [0.2, 0.25) is 5.02 Å². The van der Waals surface area contributed by atoms with Crippen molar-refractivity contribution in [3.63, 3.8) is 0 Å². The fourth-order valence-electron chi connectivity index (χ4n) is 2.08. The third kappa shape index (κ3) is 4.23. The summed E-state index contributed by atoms with van der Waals surface area (Å²) in [5, 5.41) is 4.49. The van der Waals surface area contributed by atoms with E-state index in [0.717, 1.165) is 4.68 Å². The third-order valence-corrected chi connectivity index (χ3v) is 4.81. The highest BCUT2D eigenvalue weighted by atomic mass is 35.5. The van der Waals surface area contributed by atoms with Gasteiger partial charge in [-0.3, -0.25) is 9.47 Å². The van der Waals surface area contributed by atoms with Crippen LogP contribution in [0.5, 0.6) is 0 Å². The zero-order valence-corrected chi connectivity index (χ0v) is 14.4. The van der Waals surface area contributed by atoms with E-state index >= 15 is 0 Å². The minimum atomic E-state index is -3.85. The molecule has 0 fully saturated rings. The predicted molar refractivity (Wildman–Crippen MR) is 90.6 cm³/mol. The largest absolute Gasteiger partial charge is 0.439 e. The van der Waals surface area contributed by atoms with Gasteiger partial charge in [0.1, 0.15) is 10.0 Å². The molecule has 0 atom stereocenters. The first kappa shape index (κ1) is 17.1. The molecule has 0 aliphatic rings. The Kier molecular flexibility index (Phi) is 4.82. The quantitative estimate of drug-likeness (QED) is 0.487. The molecule has 0 saturated carbocycles. The van der Waals surface area contributed by atoms with Gasteiger partial charge in [0.05, 0.1) is 4.90 Å². The van der Waals surface area contributed by atoms with Crippen LogP contribution in [0.1, 0.15) is 10.4 Å². The number of benzene rings is 2. The molecule has 0 amide bonds. The topological polar surface area (TPSA) is 87.0 Å². The maximum atomic E-state index is 12.2. The first-order chi connectivity index (χ1) is 11.9. The summed E-state index contributed by atoms with van der Waals surface area (Å²) in [6, 6.07) is 14.3. The molecule has 1 heterocycles. The number of ketones is 1. The molecule has 25 heavy (non-hydrogen) atoms. The Balaban J connectivity index is 1.70. The van der Waals surface area contributed by atoms with E-state index in [-0.39, 0.29) is 17.2 Å². The van der Waals surface area contributed by atoms with Crippen LogP contribution in [0.25, 0.3) is 4.83 Å². The molecule has 0 unspecified atom stereocenters. The van der Waals surface area contributed by atoms with Crippen LogP contribution in [0.15, 0.2) is 72.1 Å². The van der Waals surface area contributed by atoms with Crippen LogP contribution >= 0.6 is 11.6 Å². The van der Waals surface area contributed by atoms with Gasteiger partial charge >= 0.3 is 0 Å². The fraction of sp³-hybridized carbons (Fsp3) is 0.0625. The zero-order chi connectivity index (χ0) is 17.9. The van der Waals surface area contributed by atoms with E-state index in [1.54, 1.807) is 42.5 Å². The molecule has 128 valence electrons. The normalized spacial score (nSPS) is 11.2. The van der Waals surface area contributed by atoms with Crippen molar-refractivity contribution in [2.24, 2.45) is 0 Å². The van der Waals surface area contributed by atoms with Crippen molar-refractivity contribution in [1.82, 2.24) is 9.78 Å². The van der Waals surface area contributed by atoms with Crippen molar-refractivity contribution in [2.75, 3.05) is 0 Å². The first-order valence-electron chi connectivity index (χ1n) is 7.20. The summed E-state index contributed by atoms with van der Waals surface area (Å²) in [5.74, 6) is -0.183. The Hall–Kier alpha value is -2.71. The fourth-order valence-corrected chi connectivity index (χ4v) is 3.13. The van der Waals surface area contributed by atoms with Crippen LogP contribution in [-0.2, 0) is 16.6 Å². The third-order valence-electron chi connectivity index (χ3n) is 3.28. The molecule has 3 rings (SSSR count). The molecule has 1 aromatic heterocycles. The Bertz CT molecular complexity index is 986. The average Bonchev–Trinajstić information content (AvgIpc) is 3.02. The van der Waals surface area contributed by atoms with Gasteiger partial charge in [0.15, 0.2) is 12.3 Å². The van der Waals surface area contributed by atoms with Gasteiger partial charge in [0.25, 0.3) is 6.33 Å². The molecular formula is C16H13ClN4O3S. The van der Waals surface area contributed by atoms with Crippen molar-refractivity contribution in [2.45, 2.75) is 11.4 Å². The number of Topliss-reactive ketones (excluding diaryl/α,β-unsaturated/α-hetero) is 1. The monoisotopic (exact) mass is 376 g/mol. The standard InChI is InChI=1S/C16H13ClN4O3S/c17-14-8-6-13(7-9-14)16(22)10-20-12-21(11-18-20)19-25(23,24)15-4-2-1-3-5-15/h1-9,11-12H,10H2. The number of rotatable bonds is 6. The van der Waals surface area contributed by atoms with Gasteiger partial charge < -0.3 is 4.83 Å². The minimum absolute atomic E-state index is 0.0461. The number of hydrogen-bond acceptors (Lipinski definition) is 4. The van der Waals surface area contributed by atoms with Gasteiger partial charge in [0, 0.05) is 15.7 Å². The molecule has 0 spiro atoms. The number of hydrogen-bond donors (Lipinski definition) is 0. The van der Waals surface area contributed by atoms with Gasteiger partial charge in [0.2, 0.25) is 6.33 Å². The Morgan fingerprint density at radius 1 is 1.12 bits per heavy atom. The average molecular weight is 377 g/mol. The van der Waals surface area contributed by atoms with Crippen LogP contribution in [0.3, 0.4) is 0 Å². The van der Waals surface area contributed by atoms with E-state index in [0.29, 0.717) is 10.6 Å². The molecule has 0 aliphatic heterocycles. The van der Waals surface area contributed by atoms with Gasteiger partial charge in [-0.05, 0) is 36.4 Å². The highest BCUT2D eigenvalue weighted by Crippen LogP contribution is 2.13. The number of aromatic nitrogens is 3. The van der Waals surface area contributed by atoms with Crippen LogP contribution in [0, 0.1) is 0 Å². The summed E-state index contributed by atoms with van der Waals surface area (Å²) in [6.07, 6.45) is 2.55. The van der Waals surface area contributed by atoms with Gasteiger partial charge in [-0.25, -0.2) is 8.42 Å². The lowest BCUT2D eigenvalue weighted by Gasteiger charge is -2.16. The lowest BCUT2D eigenvalue weighted by molar-refractivity contribution is -0.614. The van der Waals surface area contributed by atoms with E-state index in [1.165, 1.54) is 29.5 Å². The maximum absolute atomic E-state index is 12.2. The lowest BCUT2D eigenvalue weighted by Crippen LogP contribution is -2.30. The summed E-state index contributed by atoms with van der Waals surface area (Å²) in [7, 11) is -3.85. The SMILES string of the molecule is O=C(Cn1c[n+]([N-]S(=O)(=O)c2ccccc2)cn1)c1ccc(Cl)cc1. The summed E-state index contributed by atoms with van der Waals surface area (Å²) >= 11 is 5.79. The molecule has 9 heteroatoms. The minimum Gasteiger partial charge on any atom is -0.439 e. The molecule has 3 aromatic rings. The lowest BCUT2D eigenvalue weighted by atomic mass is 10.1. The Morgan fingerprint density at radius 3 is 2.48 bits per heavy atom. The second-order valence-electron chi connectivity index (χ2n) is 5.12. The molecular weight excluding hydrogens is 364 g/mol. The van der Waals surface area contributed by atoms with Gasteiger partial charge in [-0.2, -0.15) is 0 Å². The molecule has 0 radical (unpaired) electrons. The van der Waals surface area contributed by atoms with E-state index in [2.05, 4.69) is 9.93 Å². The molecule has 0 N–H and O–H groups in total. The smallest absolute Gasteiger partial charge is 0.255 e. The number of carbonyl (C=O) groups is 1. The molecule has 0 bridgehead atoms. The second kappa shape index (κ2) is 7.04. The predicted octanol–water partition coefficient (Wildman–Crippen LogP) is 2.23. The zero-order valence-electron chi connectivity index (χ0n) is 12.9. The van der Waals surface area contributed by atoms with Crippen LogP contribution in [0.4, 0.5) is 0 Å². The summed E-state index contributed by atoms with van der Waals surface area (Å²) in [4.78, 5) is 15.9. The molecule has 7 nitrogen and oxygen atoms in total. The number of halogens is 1. The number of sulfonamides is 1. The number of nitrogens with zero attached hydrogens (tertiary/aromatic N) is 4. The van der Waals surface area contributed by atoms with E-state index < -0.39 is 10.0 Å². The Labute approximate surface area is 149 Å². The summed E-state index contributed by atoms with van der Waals surface area (Å²) in [6.45, 7) is -0.0461. The second-order valence-corrected chi connectivity index (χ2v) is 7.15. The number of carbonyl (C=O) groups excluding carboxylic acids is 1. The Morgan fingerprint density at radius 2 is 1.80 bits per heavy atom. The van der Waals surface area contributed by atoms with E-state index in [1.807, 2.05) is 0 Å². The van der Waals surface area contributed by atoms with Crippen molar-refractivity contribution in [3.8, 4) is 0 Å². The summed E-state index contributed by atoms with van der Waals surface area (Å²) < 4.78 is 26.7. The molecule has 0 aliphatic carbocycles. The van der Waals surface area contributed by atoms with Crippen LogP contribution < -0.4 is 4.68 Å². The van der Waals surface area contributed by atoms with Gasteiger partial charge in [-0.15, -0.1) is 4.68 Å². The van der Waals surface area contributed by atoms with Crippen molar-refractivity contribution in [1.29, 1.82) is 0 Å². The highest BCUT2D eigenvalue weighted by molar-refractivity contribution is 7.93.